The summed E-state index contributed by atoms with van der Waals surface area (Å²) in [6.45, 7) is 13.3. The summed E-state index contributed by atoms with van der Waals surface area (Å²) in [6, 6.07) is 8.46. The molecule has 0 saturated carbocycles. The van der Waals surface area contributed by atoms with Crippen LogP contribution in [0.5, 0.6) is 0 Å². The molecule has 2 N–H and O–H groups in total. The van der Waals surface area contributed by atoms with Crippen LogP contribution in [0.2, 0.25) is 0 Å². The van der Waals surface area contributed by atoms with Gasteiger partial charge in [-0.25, -0.2) is 0 Å². The second kappa shape index (κ2) is 10.1. The molecule has 2 heterocycles. The summed E-state index contributed by atoms with van der Waals surface area (Å²) in [6.07, 6.45) is 3.75. The minimum absolute atomic E-state index is 0. The summed E-state index contributed by atoms with van der Waals surface area (Å²) in [5, 5.41) is 0. The number of halogens is 3. The molecule has 25 heavy (non-hydrogen) atoms. The number of rotatable bonds is 1. The third-order valence-electron chi connectivity index (χ3n) is 3.51. The van der Waals surface area contributed by atoms with Crippen LogP contribution in [0.3, 0.4) is 0 Å². The van der Waals surface area contributed by atoms with Crippen molar-refractivity contribution in [1.82, 2.24) is 9.97 Å². The molecule has 141 valence electrons. The van der Waals surface area contributed by atoms with E-state index >= 15 is 0 Å². The molecule has 2 aromatic heterocycles. The van der Waals surface area contributed by atoms with Gasteiger partial charge in [0.1, 0.15) is 0 Å². The standard InChI is InChI=1S/C18H24N2.3ClH.Cr.H2O/c1-17(2,3)13-7-9-19-15(11-13)16-12-14(8-10-20-16)18(4,5)6;;;;;/h7-12H,1-6H3;3*1H;;1H2/q;;;;+3;/p-3. The van der Waals surface area contributed by atoms with Gasteiger partial charge in [0.15, 0.2) is 0 Å². The van der Waals surface area contributed by atoms with Gasteiger partial charge in [-0.15, -0.1) is 0 Å². The maximum absolute atomic E-state index is 4.93. The van der Waals surface area contributed by atoms with Gasteiger partial charge in [-0.05, 0) is 46.2 Å². The monoisotopic (exact) mass is 443 g/mol. The van der Waals surface area contributed by atoms with E-state index in [-0.39, 0.29) is 16.3 Å². The fraction of sp³-hybridized carbons (Fsp3) is 0.444. The van der Waals surface area contributed by atoms with Crippen LogP contribution >= 0.6 is 30.1 Å². The molecule has 0 radical (unpaired) electrons. The van der Waals surface area contributed by atoms with E-state index in [9.17, 15) is 0 Å². The summed E-state index contributed by atoms with van der Waals surface area (Å²) in [7, 11) is 14.8. The first-order valence-electron chi connectivity index (χ1n) is 7.58. The molecule has 2 rings (SSSR count). The van der Waals surface area contributed by atoms with Crippen LogP contribution in [0.1, 0.15) is 52.7 Å². The van der Waals surface area contributed by atoms with E-state index in [1.165, 1.54) is 11.1 Å². The molecule has 0 fully saturated rings. The molecule has 7 heteroatoms. The molecule has 0 bridgehead atoms. The van der Waals surface area contributed by atoms with Crippen LogP contribution in [0.15, 0.2) is 36.7 Å². The third-order valence-corrected chi connectivity index (χ3v) is 3.51. The molecule has 0 amide bonds. The van der Waals surface area contributed by atoms with E-state index in [0.717, 1.165) is 11.4 Å². The summed E-state index contributed by atoms with van der Waals surface area (Å²) in [5.41, 5.74) is 4.71. The first-order valence-corrected chi connectivity index (χ1v) is 12.8. The summed E-state index contributed by atoms with van der Waals surface area (Å²) in [5.74, 6) is 0. The second-order valence-corrected chi connectivity index (χ2v) is 13.9. The van der Waals surface area contributed by atoms with Gasteiger partial charge in [0.05, 0.1) is 11.4 Å². The molecule has 3 nitrogen and oxygen atoms in total. The van der Waals surface area contributed by atoms with Crippen molar-refractivity contribution >= 4 is 30.1 Å². The maximum atomic E-state index is 4.93. The predicted molar refractivity (Wildman–Crippen MR) is 106 cm³/mol. The van der Waals surface area contributed by atoms with Gasteiger partial charge < -0.3 is 5.48 Å². The van der Waals surface area contributed by atoms with E-state index in [1.807, 2.05) is 12.4 Å². The Balaban J connectivity index is 0.00000104. The van der Waals surface area contributed by atoms with Crippen molar-refractivity contribution < 1.29 is 16.9 Å². The van der Waals surface area contributed by atoms with Crippen LogP contribution in [0.4, 0.5) is 0 Å². The molecule has 0 aliphatic carbocycles. The zero-order valence-corrected chi connectivity index (χ0v) is 18.9. The van der Waals surface area contributed by atoms with Gasteiger partial charge in [0.25, 0.3) is 0 Å². The summed E-state index contributed by atoms with van der Waals surface area (Å²) < 4.78 is 0. The van der Waals surface area contributed by atoms with Crippen molar-refractivity contribution in [2.75, 3.05) is 0 Å². The van der Waals surface area contributed by atoms with Crippen molar-refractivity contribution in [2.24, 2.45) is 0 Å². The van der Waals surface area contributed by atoms with E-state index in [0.29, 0.717) is 0 Å². The van der Waals surface area contributed by atoms with Crippen molar-refractivity contribution in [2.45, 2.75) is 52.4 Å². The molecule has 0 aliphatic rings. The van der Waals surface area contributed by atoms with Gasteiger partial charge in [-0.3, -0.25) is 9.97 Å². The Hall–Kier alpha value is -0.338. The molecule has 0 unspecified atom stereocenters. The Morgan fingerprint density at radius 2 is 1.00 bits per heavy atom. The minimum atomic E-state index is -1.62. The first kappa shape index (κ1) is 24.7. The predicted octanol–water partition coefficient (Wildman–Crippen LogP) is 5.98. The van der Waals surface area contributed by atoms with E-state index in [1.54, 1.807) is 0 Å². The van der Waals surface area contributed by atoms with Crippen LogP contribution in [-0.2, 0) is 22.2 Å². The van der Waals surface area contributed by atoms with Gasteiger partial charge >= 0.3 is 41.5 Å². The van der Waals surface area contributed by atoms with Gasteiger partial charge in [-0.2, -0.15) is 0 Å². The average molecular weight is 445 g/mol. The van der Waals surface area contributed by atoms with Gasteiger partial charge in [0, 0.05) is 12.4 Å². The molecule has 0 saturated heterocycles. The number of hydrogen-bond donors (Lipinski definition) is 0. The first-order chi connectivity index (χ1) is 10.9. The van der Waals surface area contributed by atoms with Gasteiger partial charge in [-0.1, -0.05) is 41.5 Å². The fourth-order valence-electron chi connectivity index (χ4n) is 2.07. The van der Waals surface area contributed by atoms with E-state index < -0.39 is 11.4 Å². The zero-order valence-electron chi connectivity index (χ0n) is 15.4. The van der Waals surface area contributed by atoms with Crippen LogP contribution in [0, 0.1) is 0 Å². The quantitative estimate of drug-likeness (QED) is 0.543. The molecule has 0 aromatic carbocycles. The van der Waals surface area contributed by atoms with E-state index in [4.69, 9.17) is 30.1 Å². The van der Waals surface area contributed by atoms with Crippen LogP contribution in [-0.4, -0.2) is 15.4 Å². The molecule has 2 aromatic rings. The third kappa shape index (κ3) is 8.73. The molecule has 0 spiro atoms. The van der Waals surface area contributed by atoms with Crippen molar-refractivity contribution in [3.05, 3.63) is 47.8 Å². The normalized spacial score (nSPS) is 11.4. The fourth-order valence-corrected chi connectivity index (χ4v) is 2.07. The summed E-state index contributed by atoms with van der Waals surface area (Å²) in [4.78, 5) is 8.97. The van der Waals surface area contributed by atoms with Crippen molar-refractivity contribution in [3.63, 3.8) is 0 Å². The molecular formula is C18H26Cl3CrN2O. The van der Waals surface area contributed by atoms with Gasteiger partial charge in [0.2, 0.25) is 0 Å². The van der Waals surface area contributed by atoms with E-state index in [2.05, 4.69) is 75.8 Å². The van der Waals surface area contributed by atoms with Crippen LogP contribution in [0.25, 0.3) is 11.4 Å². The zero-order chi connectivity index (χ0) is 18.5. The Morgan fingerprint density at radius 1 is 0.720 bits per heavy atom. The Kier molecular flexibility index (Phi) is 9.98. The molecule has 0 atom stereocenters. The Morgan fingerprint density at radius 3 is 1.24 bits per heavy atom. The average Bonchev–Trinajstić information content (AvgIpc) is 2.45. The van der Waals surface area contributed by atoms with Crippen molar-refractivity contribution in [3.8, 4) is 11.4 Å². The number of hydrogen-bond acceptors (Lipinski definition) is 2. The number of nitrogens with zero attached hydrogens (tertiary/aromatic N) is 2. The Bertz CT molecular complexity index is 610. The molecule has 0 aliphatic heterocycles. The molecular weight excluding hydrogens is 419 g/mol. The Labute approximate surface area is 168 Å². The topological polar surface area (TPSA) is 57.3 Å². The van der Waals surface area contributed by atoms with Crippen molar-refractivity contribution in [1.29, 1.82) is 0 Å². The number of aromatic nitrogens is 2. The number of pyridine rings is 2. The summed E-state index contributed by atoms with van der Waals surface area (Å²) >= 11 is -1.62. The second-order valence-electron chi connectivity index (χ2n) is 7.53. The van der Waals surface area contributed by atoms with Crippen LogP contribution < -0.4 is 0 Å². The SMILES string of the molecule is CC(C)(C)c1ccnc(-c2cc(C(C)(C)C)ccn2)c1.O.[Cl][Cr]([Cl])[Cl].